The summed E-state index contributed by atoms with van der Waals surface area (Å²) in [5, 5.41) is 6.79. The van der Waals surface area contributed by atoms with E-state index in [-0.39, 0.29) is 16.4 Å². The van der Waals surface area contributed by atoms with Crippen LogP contribution in [0.5, 0.6) is 0 Å². The minimum absolute atomic E-state index is 0.0779. The molecule has 1 N–H and O–H groups in total. The monoisotopic (exact) mass is 399 g/mol. The second-order valence-corrected chi connectivity index (χ2v) is 8.52. The first-order chi connectivity index (χ1) is 13.4. The van der Waals surface area contributed by atoms with E-state index in [2.05, 4.69) is 10.5 Å². The van der Waals surface area contributed by atoms with Gasteiger partial charge in [0, 0.05) is 44.3 Å². The van der Waals surface area contributed by atoms with Crippen molar-refractivity contribution < 1.29 is 17.7 Å². The Labute approximate surface area is 164 Å². The highest BCUT2D eigenvalue weighted by atomic mass is 32.2. The fourth-order valence-corrected chi connectivity index (χ4v) is 3.53. The number of benzene rings is 2. The van der Waals surface area contributed by atoms with Crippen LogP contribution in [0.4, 0.5) is 0 Å². The average Bonchev–Trinajstić information content (AvgIpc) is 3.17. The molecule has 0 saturated heterocycles. The van der Waals surface area contributed by atoms with Crippen LogP contribution in [0.25, 0.3) is 11.3 Å². The topological polar surface area (TPSA) is 92.5 Å². The van der Waals surface area contributed by atoms with Crippen molar-refractivity contribution in [1.82, 2.24) is 14.8 Å². The molecule has 8 heteroatoms. The van der Waals surface area contributed by atoms with Gasteiger partial charge in [-0.1, -0.05) is 41.6 Å². The Morgan fingerprint density at radius 3 is 2.54 bits per heavy atom. The summed E-state index contributed by atoms with van der Waals surface area (Å²) in [6.07, 6.45) is 0.498. The molecule has 1 amide bonds. The molecule has 3 aromatic rings. The molecule has 0 aliphatic carbocycles. The van der Waals surface area contributed by atoms with Crippen molar-refractivity contribution in [3.8, 4) is 11.3 Å². The van der Waals surface area contributed by atoms with E-state index in [1.807, 2.05) is 36.4 Å². The van der Waals surface area contributed by atoms with Crippen molar-refractivity contribution in [2.75, 3.05) is 20.6 Å². The zero-order valence-electron chi connectivity index (χ0n) is 15.6. The molecule has 0 aliphatic rings. The van der Waals surface area contributed by atoms with Crippen molar-refractivity contribution in [2.24, 2.45) is 0 Å². The third-order valence-corrected chi connectivity index (χ3v) is 5.97. The molecule has 1 heterocycles. The number of carbonyl (C=O) groups excluding carboxylic acids is 1. The number of nitrogens with zero attached hydrogens (tertiary/aromatic N) is 2. The zero-order valence-corrected chi connectivity index (χ0v) is 16.4. The summed E-state index contributed by atoms with van der Waals surface area (Å²) < 4.78 is 30.8. The summed E-state index contributed by atoms with van der Waals surface area (Å²) in [7, 11) is -0.693. The van der Waals surface area contributed by atoms with E-state index in [0.29, 0.717) is 18.7 Å². The Bertz CT molecular complexity index is 1060. The SMILES string of the molecule is CN(C)S(=O)(=O)c1cccc(C(=O)NCCc2cc(-c3ccccc3)on2)c1. The molecule has 2 aromatic carbocycles. The second kappa shape index (κ2) is 8.37. The summed E-state index contributed by atoms with van der Waals surface area (Å²) in [6, 6.07) is 17.4. The minimum atomic E-state index is -3.59. The van der Waals surface area contributed by atoms with Gasteiger partial charge >= 0.3 is 0 Å². The molecule has 0 fully saturated rings. The molecule has 3 rings (SSSR count). The Morgan fingerprint density at radius 1 is 1.07 bits per heavy atom. The van der Waals surface area contributed by atoms with Gasteiger partial charge in [-0.25, -0.2) is 12.7 Å². The Balaban J connectivity index is 1.60. The number of hydrogen-bond donors (Lipinski definition) is 1. The van der Waals surface area contributed by atoms with E-state index < -0.39 is 10.0 Å². The van der Waals surface area contributed by atoms with Gasteiger partial charge in [-0.3, -0.25) is 4.79 Å². The first-order valence-corrected chi connectivity index (χ1v) is 10.1. The standard InChI is InChI=1S/C20H21N3O4S/c1-23(2)28(25,26)18-10-6-9-16(13-18)20(24)21-12-11-17-14-19(27-22-17)15-7-4-3-5-8-15/h3-10,13-14H,11-12H2,1-2H3,(H,21,24). The molecule has 1 aromatic heterocycles. The normalized spacial score (nSPS) is 11.5. The second-order valence-electron chi connectivity index (χ2n) is 6.37. The molecule has 0 bridgehead atoms. The summed E-state index contributed by atoms with van der Waals surface area (Å²) in [5.74, 6) is 0.325. The fraction of sp³-hybridized carbons (Fsp3) is 0.200. The highest BCUT2D eigenvalue weighted by molar-refractivity contribution is 7.89. The van der Waals surface area contributed by atoms with Crippen LogP contribution in [0.15, 0.2) is 70.1 Å². The highest BCUT2D eigenvalue weighted by Gasteiger charge is 2.18. The van der Waals surface area contributed by atoms with Crippen molar-refractivity contribution in [3.63, 3.8) is 0 Å². The lowest BCUT2D eigenvalue weighted by molar-refractivity contribution is 0.0953. The number of amides is 1. The Morgan fingerprint density at radius 2 is 1.82 bits per heavy atom. The van der Waals surface area contributed by atoms with Gasteiger partial charge in [-0.05, 0) is 18.2 Å². The van der Waals surface area contributed by atoms with Crippen LogP contribution >= 0.6 is 0 Å². The molecule has 28 heavy (non-hydrogen) atoms. The largest absolute Gasteiger partial charge is 0.356 e. The van der Waals surface area contributed by atoms with Crippen molar-refractivity contribution >= 4 is 15.9 Å². The van der Waals surface area contributed by atoms with Crippen LogP contribution in [0.2, 0.25) is 0 Å². The van der Waals surface area contributed by atoms with Crippen molar-refractivity contribution in [2.45, 2.75) is 11.3 Å². The van der Waals surface area contributed by atoms with E-state index in [4.69, 9.17) is 4.52 Å². The molecule has 0 spiro atoms. The molecule has 7 nitrogen and oxygen atoms in total. The molecule has 0 radical (unpaired) electrons. The van der Waals surface area contributed by atoms with Gasteiger partial charge in [0.25, 0.3) is 5.91 Å². The molecule has 0 aliphatic heterocycles. The maximum absolute atomic E-state index is 12.3. The van der Waals surface area contributed by atoms with Gasteiger partial charge in [0.2, 0.25) is 10.0 Å². The minimum Gasteiger partial charge on any atom is -0.356 e. The van der Waals surface area contributed by atoms with Crippen LogP contribution in [0.3, 0.4) is 0 Å². The first kappa shape index (κ1) is 19.8. The molecule has 146 valence electrons. The van der Waals surface area contributed by atoms with Crippen LogP contribution in [-0.4, -0.2) is 44.4 Å². The Hall–Kier alpha value is -2.97. The fourth-order valence-electron chi connectivity index (χ4n) is 2.58. The van der Waals surface area contributed by atoms with Gasteiger partial charge in [0.1, 0.15) is 0 Å². The predicted molar refractivity (Wildman–Crippen MR) is 105 cm³/mol. The lowest BCUT2D eigenvalue weighted by Crippen LogP contribution is -2.26. The number of nitrogens with one attached hydrogen (secondary N) is 1. The maximum atomic E-state index is 12.3. The van der Waals surface area contributed by atoms with E-state index in [1.54, 1.807) is 12.1 Å². The number of sulfonamides is 1. The van der Waals surface area contributed by atoms with E-state index in [9.17, 15) is 13.2 Å². The van der Waals surface area contributed by atoms with E-state index >= 15 is 0 Å². The predicted octanol–water partition coefficient (Wildman–Crippen LogP) is 2.56. The van der Waals surface area contributed by atoms with Gasteiger partial charge < -0.3 is 9.84 Å². The van der Waals surface area contributed by atoms with E-state index in [1.165, 1.54) is 26.2 Å². The molecule has 0 atom stereocenters. The molecular formula is C20H21N3O4S. The Kier molecular flexibility index (Phi) is 5.91. The molecule has 0 unspecified atom stereocenters. The van der Waals surface area contributed by atoms with Gasteiger partial charge in [0.15, 0.2) is 5.76 Å². The highest BCUT2D eigenvalue weighted by Crippen LogP contribution is 2.20. The lowest BCUT2D eigenvalue weighted by atomic mass is 10.1. The van der Waals surface area contributed by atoms with Crippen LogP contribution in [0.1, 0.15) is 16.1 Å². The number of rotatable bonds is 7. The molecular weight excluding hydrogens is 378 g/mol. The van der Waals surface area contributed by atoms with Crippen LogP contribution in [0, 0.1) is 0 Å². The quantitative estimate of drug-likeness (QED) is 0.659. The van der Waals surface area contributed by atoms with Crippen molar-refractivity contribution in [1.29, 1.82) is 0 Å². The zero-order chi connectivity index (χ0) is 20.1. The van der Waals surface area contributed by atoms with Crippen LogP contribution in [-0.2, 0) is 16.4 Å². The third-order valence-electron chi connectivity index (χ3n) is 4.16. The van der Waals surface area contributed by atoms with E-state index in [0.717, 1.165) is 15.6 Å². The van der Waals surface area contributed by atoms with Gasteiger partial charge in [-0.2, -0.15) is 0 Å². The summed E-state index contributed by atoms with van der Waals surface area (Å²) in [4.78, 5) is 12.4. The first-order valence-electron chi connectivity index (χ1n) is 8.70. The molecule has 0 saturated carbocycles. The maximum Gasteiger partial charge on any atom is 0.251 e. The lowest BCUT2D eigenvalue weighted by Gasteiger charge is -2.12. The van der Waals surface area contributed by atoms with Gasteiger partial charge in [0.05, 0.1) is 10.6 Å². The van der Waals surface area contributed by atoms with Gasteiger partial charge in [-0.15, -0.1) is 0 Å². The van der Waals surface area contributed by atoms with Crippen molar-refractivity contribution in [3.05, 3.63) is 71.9 Å². The summed E-state index contributed by atoms with van der Waals surface area (Å²) in [6.45, 7) is 0.351. The summed E-state index contributed by atoms with van der Waals surface area (Å²) in [5.41, 5.74) is 1.94. The van der Waals surface area contributed by atoms with Crippen LogP contribution < -0.4 is 5.32 Å². The smallest absolute Gasteiger partial charge is 0.251 e. The number of carbonyl (C=O) groups is 1. The summed E-state index contributed by atoms with van der Waals surface area (Å²) >= 11 is 0. The third kappa shape index (κ3) is 4.47. The number of aromatic nitrogens is 1. The average molecular weight is 399 g/mol. The number of hydrogen-bond acceptors (Lipinski definition) is 5.